The van der Waals surface area contributed by atoms with Crippen LogP contribution in [0.1, 0.15) is 56.7 Å². The smallest absolute Gasteiger partial charge is 0.224 e. The Bertz CT molecular complexity index is 747. The molecule has 0 saturated heterocycles. The third-order valence-corrected chi connectivity index (χ3v) is 4.48. The zero-order chi connectivity index (χ0) is 18.4. The van der Waals surface area contributed by atoms with Crippen molar-refractivity contribution < 1.29 is 9.53 Å². The molecule has 1 fully saturated rings. The van der Waals surface area contributed by atoms with Gasteiger partial charge in [0.25, 0.3) is 0 Å². The molecule has 1 aliphatic rings. The van der Waals surface area contributed by atoms with E-state index in [-0.39, 0.29) is 18.3 Å². The molecule has 8 nitrogen and oxygen atoms in total. The number of unbranched alkanes of at least 4 members (excludes halogenated alkanes) is 3. The van der Waals surface area contributed by atoms with Gasteiger partial charge >= 0.3 is 0 Å². The van der Waals surface area contributed by atoms with Crippen molar-refractivity contribution >= 4 is 24.0 Å². The summed E-state index contributed by atoms with van der Waals surface area (Å²) in [5.74, 6) is 1.92. The number of benzene rings is 1. The third kappa shape index (κ3) is 5.64. The molecule has 9 heteroatoms. The number of anilines is 1. The number of nitrogens with zero attached hydrogens (tertiary/aromatic N) is 4. The van der Waals surface area contributed by atoms with Crippen LogP contribution in [0.4, 0.5) is 5.69 Å². The lowest BCUT2D eigenvalue weighted by atomic mass is 10.1. The molecule has 0 bridgehead atoms. The summed E-state index contributed by atoms with van der Waals surface area (Å²) in [5.41, 5.74) is 6.93. The summed E-state index contributed by atoms with van der Waals surface area (Å²) < 4.78 is 7.15. The molecule has 27 heavy (non-hydrogen) atoms. The van der Waals surface area contributed by atoms with Crippen LogP contribution in [0.15, 0.2) is 18.2 Å². The first-order valence-electron chi connectivity index (χ1n) is 9.19. The van der Waals surface area contributed by atoms with E-state index in [0.29, 0.717) is 30.3 Å². The molecule has 1 aliphatic carbocycles. The quantitative estimate of drug-likeness (QED) is 0.600. The van der Waals surface area contributed by atoms with Gasteiger partial charge in [0, 0.05) is 18.0 Å². The van der Waals surface area contributed by atoms with E-state index in [9.17, 15) is 4.79 Å². The van der Waals surface area contributed by atoms with Crippen molar-refractivity contribution in [3.63, 3.8) is 0 Å². The second-order valence-corrected chi connectivity index (χ2v) is 6.61. The van der Waals surface area contributed by atoms with Gasteiger partial charge in [0.2, 0.25) is 5.91 Å². The molecule has 1 saturated carbocycles. The van der Waals surface area contributed by atoms with E-state index in [0.717, 1.165) is 50.0 Å². The fraction of sp³-hybridized carbons (Fsp3) is 0.556. The van der Waals surface area contributed by atoms with Crippen molar-refractivity contribution in [3.05, 3.63) is 24.0 Å². The predicted molar refractivity (Wildman–Crippen MR) is 106 cm³/mol. The van der Waals surface area contributed by atoms with E-state index in [2.05, 4.69) is 20.8 Å². The highest BCUT2D eigenvalue weighted by Crippen LogP contribution is 2.40. The number of carbonyl (C=O) groups is 1. The Hall–Kier alpha value is -2.19. The maximum Gasteiger partial charge on any atom is 0.224 e. The van der Waals surface area contributed by atoms with Gasteiger partial charge in [0.05, 0.1) is 7.11 Å². The van der Waals surface area contributed by atoms with E-state index in [4.69, 9.17) is 10.5 Å². The highest BCUT2D eigenvalue weighted by molar-refractivity contribution is 5.91. The van der Waals surface area contributed by atoms with Gasteiger partial charge in [-0.3, -0.25) is 4.79 Å². The lowest BCUT2D eigenvalue weighted by Gasteiger charge is -2.12. The molecule has 2 aromatic rings. The van der Waals surface area contributed by atoms with Gasteiger partial charge < -0.3 is 15.8 Å². The Morgan fingerprint density at radius 2 is 2.07 bits per heavy atom. The minimum atomic E-state index is 0. The van der Waals surface area contributed by atoms with Crippen LogP contribution in [0.5, 0.6) is 5.75 Å². The van der Waals surface area contributed by atoms with Crippen LogP contribution in [-0.2, 0) is 4.79 Å². The molecule has 1 amide bonds. The van der Waals surface area contributed by atoms with Crippen molar-refractivity contribution in [1.29, 1.82) is 0 Å². The summed E-state index contributed by atoms with van der Waals surface area (Å²) in [4.78, 5) is 12.2. The number of hydrogen-bond donors (Lipinski definition) is 2. The van der Waals surface area contributed by atoms with E-state index < -0.39 is 0 Å². The molecule has 1 aromatic carbocycles. The standard InChI is InChI=1S/C18H26N6O2.ClH/c1-26-16-10-9-14(20-17(25)6-4-2-3-5-11-19)12-15(16)24-18(13-7-8-13)21-22-23-24;/h9-10,12-13H,2-8,11,19H2,1H3,(H,20,25);1H. The van der Waals surface area contributed by atoms with E-state index in [1.165, 1.54) is 0 Å². The maximum absolute atomic E-state index is 12.2. The second kappa shape index (κ2) is 10.2. The summed E-state index contributed by atoms with van der Waals surface area (Å²) in [6, 6.07) is 5.51. The number of ether oxygens (including phenoxy) is 1. The number of halogens is 1. The predicted octanol–water partition coefficient (Wildman–Crippen LogP) is 2.82. The lowest BCUT2D eigenvalue weighted by Crippen LogP contribution is -2.12. The average molecular weight is 395 g/mol. The van der Waals surface area contributed by atoms with Crippen LogP contribution in [0.3, 0.4) is 0 Å². The molecular weight excluding hydrogens is 368 g/mol. The highest BCUT2D eigenvalue weighted by atomic mass is 35.5. The first-order chi connectivity index (χ1) is 12.7. The Morgan fingerprint density at radius 3 is 2.78 bits per heavy atom. The highest BCUT2D eigenvalue weighted by Gasteiger charge is 2.30. The number of methoxy groups -OCH3 is 1. The van der Waals surface area contributed by atoms with Gasteiger partial charge in [-0.05, 0) is 60.9 Å². The molecule has 0 unspecified atom stereocenters. The number of nitrogens with one attached hydrogen (secondary N) is 1. The van der Waals surface area contributed by atoms with Crippen LogP contribution in [0.2, 0.25) is 0 Å². The lowest BCUT2D eigenvalue weighted by molar-refractivity contribution is -0.116. The Kier molecular flexibility index (Phi) is 7.99. The van der Waals surface area contributed by atoms with Crippen LogP contribution in [0, 0.1) is 0 Å². The van der Waals surface area contributed by atoms with Crippen molar-refractivity contribution in [2.75, 3.05) is 19.0 Å². The first kappa shape index (κ1) is 21.1. The van der Waals surface area contributed by atoms with Crippen molar-refractivity contribution in [3.8, 4) is 11.4 Å². The SMILES string of the molecule is COc1ccc(NC(=O)CCCCCCN)cc1-n1nnnc1C1CC1.Cl. The molecule has 0 radical (unpaired) electrons. The molecule has 1 aromatic heterocycles. The summed E-state index contributed by atoms with van der Waals surface area (Å²) in [6.45, 7) is 0.709. The van der Waals surface area contributed by atoms with Crippen LogP contribution >= 0.6 is 12.4 Å². The summed E-state index contributed by atoms with van der Waals surface area (Å²) in [6.07, 6.45) is 6.68. The number of amides is 1. The number of hydrogen-bond acceptors (Lipinski definition) is 6. The molecule has 0 atom stereocenters. The zero-order valence-corrected chi connectivity index (χ0v) is 16.4. The topological polar surface area (TPSA) is 108 Å². The van der Waals surface area contributed by atoms with Crippen molar-refractivity contribution in [1.82, 2.24) is 20.2 Å². The van der Waals surface area contributed by atoms with Gasteiger partial charge in [-0.1, -0.05) is 12.8 Å². The van der Waals surface area contributed by atoms with E-state index in [1.54, 1.807) is 11.8 Å². The van der Waals surface area contributed by atoms with Gasteiger partial charge in [-0.2, -0.15) is 4.68 Å². The van der Waals surface area contributed by atoms with Gasteiger partial charge in [-0.15, -0.1) is 17.5 Å². The number of aromatic nitrogens is 4. The van der Waals surface area contributed by atoms with Gasteiger partial charge in [0.15, 0.2) is 5.82 Å². The van der Waals surface area contributed by atoms with Gasteiger partial charge in [-0.25, -0.2) is 0 Å². The molecule has 0 spiro atoms. The Labute approximate surface area is 165 Å². The monoisotopic (exact) mass is 394 g/mol. The van der Waals surface area contributed by atoms with E-state index >= 15 is 0 Å². The first-order valence-corrected chi connectivity index (χ1v) is 9.19. The summed E-state index contributed by atoms with van der Waals surface area (Å²) in [7, 11) is 1.61. The second-order valence-electron chi connectivity index (χ2n) is 6.61. The summed E-state index contributed by atoms with van der Waals surface area (Å²) >= 11 is 0. The fourth-order valence-electron chi connectivity index (χ4n) is 2.90. The molecule has 0 aliphatic heterocycles. The molecule has 148 valence electrons. The Balaban J connectivity index is 0.00000261. The number of rotatable bonds is 10. The van der Waals surface area contributed by atoms with Crippen LogP contribution < -0.4 is 15.8 Å². The largest absolute Gasteiger partial charge is 0.494 e. The molecule has 3 N–H and O–H groups in total. The van der Waals surface area contributed by atoms with E-state index in [1.807, 2.05) is 18.2 Å². The average Bonchev–Trinajstić information content (AvgIpc) is 3.38. The van der Waals surface area contributed by atoms with Crippen LogP contribution in [-0.4, -0.2) is 39.8 Å². The van der Waals surface area contributed by atoms with Crippen molar-refractivity contribution in [2.45, 2.75) is 50.9 Å². The van der Waals surface area contributed by atoms with Crippen LogP contribution in [0.25, 0.3) is 5.69 Å². The van der Waals surface area contributed by atoms with Crippen molar-refractivity contribution in [2.24, 2.45) is 5.73 Å². The Morgan fingerprint density at radius 1 is 1.30 bits per heavy atom. The summed E-state index contributed by atoms with van der Waals surface area (Å²) in [5, 5.41) is 15.0. The van der Waals surface area contributed by atoms with Gasteiger partial charge in [0.1, 0.15) is 11.4 Å². The minimum Gasteiger partial charge on any atom is -0.494 e. The molecular formula is C18H27ClN6O2. The minimum absolute atomic E-state index is 0. The number of nitrogens with two attached hydrogens (primary N) is 1. The third-order valence-electron chi connectivity index (χ3n) is 4.48. The zero-order valence-electron chi connectivity index (χ0n) is 15.6. The fourth-order valence-corrected chi connectivity index (χ4v) is 2.90. The number of tetrazole rings is 1. The normalized spacial score (nSPS) is 13.1. The maximum atomic E-state index is 12.2. The molecule has 3 rings (SSSR count). The molecule has 1 heterocycles. The number of carbonyl (C=O) groups excluding carboxylic acids is 1.